The van der Waals surface area contributed by atoms with Gasteiger partial charge in [-0.25, -0.2) is 0 Å². The summed E-state index contributed by atoms with van der Waals surface area (Å²) in [4.78, 5) is 14.1. The topological polar surface area (TPSA) is 52.6 Å². The predicted molar refractivity (Wildman–Crippen MR) is 76.2 cm³/mol. The molecular formula is C15H22N2O2. The molecule has 4 heteroatoms. The minimum Gasteiger partial charge on any atom is -0.395 e. The first kappa shape index (κ1) is 14.0. The van der Waals surface area contributed by atoms with Gasteiger partial charge in [-0.3, -0.25) is 9.69 Å². The van der Waals surface area contributed by atoms with E-state index in [9.17, 15) is 4.79 Å². The zero-order chi connectivity index (χ0) is 13.8. The normalized spacial score (nSPS) is 14.7. The molecule has 1 aromatic rings. The van der Waals surface area contributed by atoms with Gasteiger partial charge < -0.3 is 10.4 Å². The van der Waals surface area contributed by atoms with Crippen molar-refractivity contribution in [1.82, 2.24) is 4.90 Å². The van der Waals surface area contributed by atoms with Crippen molar-refractivity contribution >= 4 is 11.6 Å². The summed E-state index contributed by atoms with van der Waals surface area (Å²) in [6.45, 7) is 5.08. The maximum Gasteiger partial charge on any atom is 0.238 e. The van der Waals surface area contributed by atoms with E-state index in [1.165, 1.54) is 0 Å². The van der Waals surface area contributed by atoms with Crippen LogP contribution >= 0.6 is 0 Å². The van der Waals surface area contributed by atoms with Crippen molar-refractivity contribution in [3.8, 4) is 0 Å². The molecule has 1 aromatic carbocycles. The molecule has 0 heterocycles. The number of carbonyl (C=O) groups excluding carboxylic acids is 1. The second-order valence-electron chi connectivity index (χ2n) is 5.35. The number of nitrogens with one attached hydrogen (secondary N) is 1. The van der Waals surface area contributed by atoms with Gasteiger partial charge in [0.1, 0.15) is 0 Å². The number of nitrogens with zero attached hydrogens (tertiary/aromatic N) is 1. The molecule has 0 saturated heterocycles. The van der Waals surface area contributed by atoms with Crippen molar-refractivity contribution in [2.75, 3.05) is 25.0 Å². The van der Waals surface area contributed by atoms with Gasteiger partial charge in [0.15, 0.2) is 0 Å². The van der Waals surface area contributed by atoms with E-state index in [1.807, 2.05) is 26.0 Å². The second-order valence-corrected chi connectivity index (χ2v) is 5.35. The standard InChI is InChI=1S/C15H22N2O2/c1-11-7-12(2)9-13(8-11)16-15(19)10-17(5-6-18)14-3-4-14/h7-9,14,18H,3-6,10H2,1-2H3,(H,16,19). The first-order valence-corrected chi connectivity index (χ1v) is 6.81. The molecule has 104 valence electrons. The molecule has 0 aromatic heterocycles. The fourth-order valence-corrected chi connectivity index (χ4v) is 2.39. The van der Waals surface area contributed by atoms with Crippen LogP contribution in [0.15, 0.2) is 18.2 Å². The van der Waals surface area contributed by atoms with Crippen molar-refractivity contribution in [2.24, 2.45) is 0 Å². The molecule has 1 aliphatic carbocycles. The van der Waals surface area contributed by atoms with Gasteiger partial charge in [0.05, 0.1) is 13.2 Å². The number of anilines is 1. The molecule has 0 unspecified atom stereocenters. The van der Waals surface area contributed by atoms with Crippen LogP contribution in [0, 0.1) is 13.8 Å². The Bertz CT molecular complexity index is 435. The lowest BCUT2D eigenvalue weighted by atomic mass is 10.1. The highest BCUT2D eigenvalue weighted by atomic mass is 16.3. The van der Waals surface area contributed by atoms with Crippen LogP contribution in [-0.4, -0.2) is 41.7 Å². The Morgan fingerprint density at radius 1 is 1.32 bits per heavy atom. The average molecular weight is 262 g/mol. The quantitative estimate of drug-likeness (QED) is 0.820. The van der Waals surface area contributed by atoms with Gasteiger partial charge in [-0.05, 0) is 49.9 Å². The highest BCUT2D eigenvalue weighted by Gasteiger charge is 2.29. The van der Waals surface area contributed by atoms with E-state index in [-0.39, 0.29) is 12.5 Å². The van der Waals surface area contributed by atoms with Gasteiger partial charge in [-0.2, -0.15) is 0 Å². The highest BCUT2D eigenvalue weighted by Crippen LogP contribution is 2.26. The Labute approximate surface area is 114 Å². The van der Waals surface area contributed by atoms with Crippen LogP contribution in [0.4, 0.5) is 5.69 Å². The van der Waals surface area contributed by atoms with Crippen molar-refractivity contribution < 1.29 is 9.90 Å². The molecule has 2 rings (SSSR count). The van der Waals surface area contributed by atoms with Crippen LogP contribution in [0.25, 0.3) is 0 Å². The summed E-state index contributed by atoms with van der Waals surface area (Å²) in [5.41, 5.74) is 3.14. The molecule has 4 nitrogen and oxygen atoms in total. The Morgan fingerprint density at radius 3 is 2.47 bits per heavy atom. The van der Waals surface area contributed by atoms with Crippen molar-refractivity contribution in [1.29, 1.82) is 0 Å². The number of aliphatic hydroxyl groups is 1. The predicted octanol–water partition coefficient (Wildman–Crippen LogP) is 1.70. The molecule has 0 aliphatic heterocycles. The molecule has 1 aliphatic rings. The fourth-order valence-electron chi connectivity index (χ4n) is 2.39. The van der Waals surface area contributed by atoms with E-state index < -0.39 is 0 Å². The molecule has 0 radical (unpaired) electrons. The van der Waals surface area contributed by atoms with Crippen LogP contribution in [-0.2, 0) is 4.79 Å². The maximum atomic E-state index is 12.0. The number of hydrogen-bond donors (Lipinski definition) is 2. The minimum atomic E-state index is -0.00894. The lowest BCUT2D eigenvalue weighted by Gasteiger charge is -2.20. The number of benzene rings is 1. The number of aliphatic hydroxyl groups excluding tert-OH is 1. The van der Waals surface area contributed by atoms with Gasteiger partial charge in [0.2, 0.25) is 5.91 Å². The Hall–Kier alpha value is -1.39. The lowest BCUT2D eigenvalue weighted by molar-refractivity contribution is -0.117. The van der Waals surface area contributed by atoms with E-state index in [1.54, 1.807) is 0 Å². The summed E-state index contributed by atoms with van der Waals surface area (Å²) in [6.07, 6.45) is 2.27. The van der Waals surface area contributed by atoms with E-state index in [0.29, 0.717) is 19.1 Å². The Balaban J connectivity index is 1.92. The van der Waals surface area contributed by atoms with Gasteiger partial charge in [0, 0.05) is 18.3 Å². The zero-order valence-electron chi connectivity index (χ0n) is 11.6. The lowest BCUT2D eigenvalue weighted by Crippen LogP contribution is -2.36. The fraction of sp³-hybridized carbons (Fsp3) is 0.533. The average Bonchev–Trinajstić information content (AvgIpc) is 3.10. The van der Waals surface area contributed by atoms with Gasteiger partial charge >= 0.3 is 0 Å². The van der Waals surface area contributed by atoms with E-state index in [4.69, 9.17) is 5.11 Å². The van der Waals surface area contributed by atoms with Crippen molar-refractivity contribution in [3.05, 3.63) is 29.3 Å². The van der Waals surface area contributed by atoms with E-state index >= 15 is 0 Å². The van der Waals surface area contributed by atoms with Crippen LogP contribution < -0.4 is 5.32 Å². The summed E-state index contributed by atoms with van der Waals surface area (Å²) in [6, 6.07) is 6.51. The van der Waals surface area contributed by atoms with Gasteiger partial charge in [-0.1, -0.05) is 6.07 Å². The molecule has 0 bridgehead atoms. The number of hydrogen-bond acceptors (Lipinski definition) is 3. The number of amides is 1. The summed E-state index contributed by atoms with van der Waals surface area (Å²) in [5, 5.41) is 11.9. The van der Waals surface area contributed by atoms with Crippen LogP contribution in [0.3, 0.4) is 0 Å². The van der Waals surface area contributed by atoms with Gasteiger partial charge in [0.25, 0.3) is 0 Å². The number of rotatable bonds is 6. The summed E-state index contributed by atoms with van der Waals surface area (Å²) in [7, 11) is 0. The van der Waals surface area contributed by atoms with Crippen molar-refractivity contribution in [2.45, 2.75) is 32.7 Å². The molecule has 2 N–H and O–H groups in total. The summed E-state index contributed by atoms with van der Waals surface area (Å²) < 4.78 is 0. The Kier molecular flexibility index (Phi) is 4.56. The van der Waals surface area contributed by atoms with Gasteiger partial charge in [-0.15, -0.1) is 0 Å². The van der Waals surface area contributed by atoms with E-state index in [2.05, 4.69) is 16.3 Å². The molecule has 1 fully saturated rings. The third kappa shape index (κ3) is 4.33. The summed E-state index contributed by atoms with van der Waals surface area (Å²) in [5.74, 6) is -0.00894. The third-order valence-electron chi connectivity index (χ3n) is 3.30. The second kappa shape index (κ2) is 6.17. The van der Waals surface area contributed by atoms with Crippen LogP contribution in [0.2, 0.25) is 0 Å². The largest absolute Gasteiger partial charge is 0.395 e. The smallest absolute Gasteiger partial charge is 0.238 e. The zero-order valence-corrected chi connectivity index (χ0v) is 11.6. The SMILES string of the molecule is Cc1cc(C)cc(NC(=O)CN(CCO)C2CC2)c1. The molecule has 0 atom stereocenters. The van der Waals surface area contributed by atoms with Crippen LogP contribution in [0.1, 0.15) is 24.0 Å². The molecule has 1 saturated carbocycles. The number of carbonyl (C=O) groups is 1. The molecule has 19 heavy (non-hydrogen) atoms. The maximum absolute atomic E-state index is 12.0. The third-order valence-corrected chi connectivity index (χ3v) is 3.30. The molecule has 0 spiro atoms. The molecule has 1 amide bonds. The summed E-state index contributed by atoms with van der Waals surface area (Å²) >= 11 is 0. The first-order chi connectivity index (χ1) is 9.08. The monoisotopic (exact) mass is 262 g/mol. The number of aryl methyl sites for hydroxylation is 2. The molecular weight excluding hydrogens is 240 g/mol. The van der Waals surface area contributed by atoms with E-state index in [0.717, 1.165) is 29.7 Å². The Morgan fingerprint density at radius 2 is 1.95 bits per heavy atom. The highest BCUT2D eigenvalue weighted by molar-refractivity contribution is 5.92. The van der Waals surface area contributed by atoms with Crippen LogP contribution in [0.5, 0.6) is 0 Å². The first-order valence-electron chi connectivity index (χ1n) is 6.81. The van der Waals surface area contributed by atoms with Crippen molar-refractivity contribution in [3.63, 3.8) is 0 Å². The minimum absolute atomic E-state index is 0.00894.